The zero-order chi connectivity index (χ0) is 12.1. The third-order valence-electron chi connectivity index (χ3n) is 3.09. The quantitative estimate of drug-likeness (QED) is 0.376. The lowest BCUT2D eigenvalue weighted by Gasteiger charge is -2.02. The molecule has 0 saturated heterocycles. The zero-order valence-electron chi connectivity index (χ0n) is 9.28. The molecule has 0 aliphatic heterocycles. The lowest BCUT2D eigenvalue weighted by molar-refractivity contribution is 0.155. The van der Waals surface area contributed by atoms with Gasteiger partial charge in [0.05, 0.1) is 11.0 Å². The van der Waals surface area contributed by atoms with Crippen LogP contribution in [0.25, 0.3) is 32.8 Å². The highest BCUT2D eigenvalue weighted by atomic mass is 16.5. The van der Waals surface area contributed by atoms with E-state index in [2.05, 4.69) is 15.3 Å². The Hall–Kier alpha value is -2.69. The van der Waals surface area contributed by atoms with Crippen LogP contribution in [0.1, 0.15) is 0 Å². The number of hydrogen-bond donors (Lipinski definition) is 1. The Balaban J connectivity index is 2.30. The number of nitrogens with zero attached hydrogens (tertiary/aromatic N) is 4. The van der Waals surface area contributed by atoms with Crippen LogP contribution >= 0.6 is 0 Å². The van der Waals surface area contributed by atoms with Crippen LogP contribution in [0, 0.1) is 0 Å². The van der Waals surface area contributed by atoms with Crippen molar-refractivity contribution < 1.29 is 5.21 Å². The van der Waals surface area contributed by atoms with Crippen LogP contribution in [0.5, 0.6) is 0 Å². The molecule has 4 rings (SSSR count). The first-order valence-corrected chi connectivity index (χ1v) is 5.56. The van der Waals surface area contributed by atoms with Crippen molar-refractivity contribution in [3.8, 4) is 0 Å². The molecular formula is C13H8N4O. The van der Waals surface area contributed by atoms with Crippen LogP contribution in [0.15, 0.2) is 42.5 Å². The van der Waals surface area contributed by atoms with Gasteiger partial charge in [-0.3, -0.25) is 0 Å². The summed E-state index contributed by atoms with van der Waals surface area (Å²) in [5, 5.41) is 19.1. The SMILES string of the molecule is On1nnc2ccc3nc4ccccc4cc3c21. The van der Waals surface area contributed by atoms with E-state index in [-0.39, 0.29) is 0 Å². The number of benzene rings is 2. The third-order valence-corrected chi connectivity index (χ3v) is 3.09. The smallest absolute Gasteiger partial charge is 0.140 e. The number of hydrogen-bond acceptors (Lipinski definition) is 4. The van der Waals surface area contributed by atoms with E-state index in [0.717, 1.165) is 26.7 Å². The maximum atomic E-state index is 9.70. The molecule has 0 radical (unpaired) electrons. The van der Waals surface area contributed by atoms with E-state index in [4.69, 9.17) is 0 Å². The number of pyridine rings is 1. The van der Waals surface area contributed by atoms with Crippen LogP contribution in [0.2, 0.25) is 0 Å². The van der Waals surface area contributed by atoms with Crippen molar-refractivity contribution in [2.24, 2.45) is 0 Å². The van der Waals surface area contributed by atoms with E-state index in [1.165, 1.54) is 0 Å². The summed E-state index contributed by atoms with van der Waals surface area (Å²) in [6.07, 6.45) is 0. The third kappa shape index (κ3) is 1.13. The average molecular weight is 236 g/mol. The predicted molar refractivity (Wildman–Crippen MR) is 67.5 cm³/mol. The van der Waals surface area contributed by atoms with E-state index in [9.17, 15) is 5.21 Å². The molecule has 0 unspecified atom stereocenters. The highest BCUT2D eigenvalue weighted by Gasteiger charge is 2.09. The van der Waals surface area contributed by atoms with Gasteiger partial charge in [0.25, 0.3) is 0 Å². The van der Waals surface area contributed by atoms with Crippen LogP contribution in [0.4, 0.5) is 0 Å². The van der Waals surface area contributed by atoms with Gasteiger partial charge < -0.3 is 5.21 Å². The van der Waals surface area contributed by atoms with Crippen molar-refractivity contribution in [3.63, 3.8) is 0 Å². The van der Waals surface area contributed by atoms with Crippen LogP contribution in [-0.4, -0.2) is 25.3 Å². The monoisotopic (exact) mass is 236 g/mol. The molecule has 0 atom stereocenters. The summed E-state index contributed by atoms with van der Waals surface area (Å²) in [6, 6.07) is 13.6. The van der Waals surface area contributed by atoms with Crippen molar-refractivity contribution in [1.29, 1.82) is 0 Å². The minimum absolute atomic E-state index is 0.589. The highest BCUT2D eigenvalue weighted by Crippen LogP contribution is 2.25. The maximum Gasteiger partial charge on any atom is 0.140 e. The van der Waals surface area contributed by atoms with Gasteiger partial charge in [0.1, 0.15) is 11.0 Å². The Bertz CT molecular complexity index is 897. The second-order valence-corrected chi connectivity index (χ2v) is 4.16. The van der Waals surface area contributed by atoms with Crippen molar-refractivity contribution in [2.75, 3.05) is 0 Å². The topological polar surface area (TPSA) is 63.8 Å². The Morgan fingerprint density at radius 3 is 2.72 bits per heavy atom. The number of fused-ring (bicyclic) bond motifs is 4. The fourth-order valence-electron chi connectivity index (χ4n) is 2.25. The molecule has 0 fully saturated rings. The Morgan fingerprint density at radius 1 is 0.944 bits per heavy atom. The molecule has 0 spiro atoms. The molecule has 2 aromatic carbocycles. The van der Waals surface area contributed by atoms with Crippen LogP contribution in [-0.2, 0) is 0 Å². The predicted octanol–water partition coefficient (Wildman–Crippen LogP) is 2.37. The Morgan fingerprint density at radius 2 is 1.78 bits per heavy atom. The number of para-hydroxylation sites is 1. The molecule has 0 bridgehead atoms. The molecule has 2 heterocycles. The van der Waals surface area contributed by atoms with E-state index >= 15 is 0 Å². The standard InChI is InChI=1S/C13H8N4O/c18-17-13-9-7-8-3-1-2-4-10(8)14-11(9)5-6-12(13)15-16-17/h1-7,18H. The first-order chi connectivity index (χ1) is 8.83. The summed E-state index contributed by atoms with van der Waals surface area (Å²) >= 11 is 0. The zero-order valence-corrected chi connectivity index (χ0v) is 9.28. The van der Waals surface area contributed by atoms with Gasteiger partial charge >= 0.3 is 0 Å². The van der Waals surface area contributed by atoms with Gasteiger partial charge in [-0.15, -0.1) is 5.10 Å². The van der Waals surface area contributed by atoms with Crippen LogP contribution in [0.3, 0.4) is 0 Å². The van der Waals surface area contributed by atoms with Gasteiger partial charge in [-0.1, -0.05) is 23.0 Å². The van der Waals surface area contributed by atoms with Gasteiger partial charge in [-0.2, -0.15) is 0 Å². The fourth-order valence-corrected chi connectivity index (χ4v) is 2.25. The summed E-state index contributed by atoms with van der Waals surface area (Å²) in [5.41, 5.74) is 2.99. The molecule has 18 heavy (non-hydrogen) atoms. The summed E-state index contributed by atoms with van der Waals surface area (Å²) in [4.78, 5) is 5.37. The molecule has 0 amide bonds. The molecule has 0 aliphatic carbocycles. The van der Waals surface area contributed by atoms with E-state index < -0.39 is 0 Å². The molecule has 0 aliphatic rings. The lowest BCUT2D eigenvalue weighted by Crippen LogP contribution is -1.93. The Labute approximate surface area is 101 Å². The second kappa shape index (κ2) is 3.16. The minimum Gasteiger partial charge on any atom is -0.410 e. The van der Waals surface area contributed by atoms with Gasteiger partial charge in [-0.25, -0.2) is 4.98 Å². The molecule has 2 aromatic heterocycles. The maximum absolute atomic E-state index is 9.70. The van der Waals surface area contributed by atoms with Crippen molar-refractivity contribution in [1.82, 2.24) is 20.1 Å². The highest BCUT2D eigenvalue weighted by molar-refractivity contribution is 6.06. The molecule has 5 nitrogen and oxygen atoms in total. The van der Waals surface area contributed by atoms with Crippen LogP contribution < -0.4 is 0 Å². The van der Waals surface area contributed by atoms with Crippen molar-refractivity contribution in [2.45, 2.75) is 0 Å². The normalized spacial score (nSPS) is 11.6. The average Bonchev–Trinajstić information content (AvgIpc) is 2.78. The van der Waals surface area contributed by atoms with Crippen molar-refractivity contribution in [3.05, 3.63) is 42.5 Å². The molecule has 1 N–H and O–H groups in total. The fraction of sp³-hybridized carbons (Fsp3) is 0. The second-order valence-electron chi connectivity index (χ2n) is 4.16. The largest absolute Gasteiger partial charge is 0.410 e. The molecule has 0 saturated carbocycles. The molecule has 5 heteroatoms. The Kier molecular flexibility index (Phi) is 1.64. The van der Waals surface area contributed by atoms with Gasteiger partial charge in [-0.05, 0) is 29.5 Å². The van der Waals surface area contributed by atoms with E-state index in [0.29, 0.717) is 11.0 Å². The first kappa shape index (κ1) is 9.35. The van der Waals surface area contributed by atoms with Gasteiger partial charge in [0.15, 0.2) is 0 Å². The number of aromatic nitrogens is 4. The van der Waals surface area contributed by atoms with Gasteiger partial charge in [0, 0.05) is 10.8 Å². The summed E-state index contributed by atoms with van der Waals surface area (Å²) < 4.78 is 0. The summed E-state index contributed by atoms with van der Waals surface area (Å²) in [6.45, 7) is 0. The molecular weight excluding hydrogens is 228 g/mol. The van der Waals surface area contributed by atoms with Crippen molar-refractivity contribution >= 4 is 32.8 Å². The summed E-state index contributed by atoms with van der Waals surface area (Å²) in [7, 11) is 0. The first-order valence-electron chi connectivity index (χ1n) is 5.56. The minimum atomic E-state index is 0.589. The lowest BCUT2D eigenvalue weighted by atomic mass is 10.1. The molecule has 4 aromatic rings. The summed E-state index contributed by atoms with van der Waals surface area (Å²) in [5.74, 6) is 0. The van der Waals surface area contributed by atoms with E-state index in [1.54, 1.807) is 6.07 Å². The van der Waals surface area contributed by atoms with Gasteiger partial charge in [0.2, 0.25) is 0 Å². The molecule has 86 valence electrons. The van der Waals surface area contributed by atoms with E-state index in [1.807, 2.05) is 36.4 Å². The number of rotatable bonds is 0.